The van der Waals surface area contributed by atoms with E-state index in [1.807, 2.05) is 0 Å². The monoisotopic (exact) mass is 943 g/mol. The highest BCUT2D eigenvalue weighted by Crippen LogP contribution is 2.61. The maximum absolute atomic E-state index is 10.7. The van der Waals surface area contributed by atoms with Crippen LogP contribution in [0.1, 0.15) is 150 Å². The van der Waals surface area contributed by atoms with Gasteiger partial charge >= 0.3 is 0 Å². The summed E-state index contributed by atoms with van der Waals surface area (Å²) in [5.74, 6) is 0. The van der Waals surface area contributed by atoms with E-state index in [4.69, 9.17) is 14.0 Å². The quantitative estimate of drug-likeness (QED) is 0.151. The number of nitrogens with zero attached hydrogens (tertiary/aromatic N) is 1. The molecule has 0 bridgehead atoms. The molecule has 0 saturated carbocycles. The van der Waals surface area contributed by atoms with Gasteiger partial charge in [0, 0.05) is 46.6 Å². The maximum atomic E-state index is 10.7. The lowest BCUT2D eigenvalue weighted by molar-refractivity contribution is 0.224. The first-order valence-corrected chi connectivity index (χ1v) is 22.6. The molecule has 346 valence electrons. The van der Waals surface area contributed by atoms with Gasteiger partial charge in [0.25, 0.3) is 0 Å². The van der Waals surface area contributed by atoms with Gasteiger partial charge in [0.15, 0.2) is 5.58 Å². The van der Waals surface area contributed by atoms with E-state index >= 15 is 0 Å². The minimum Gasteiger partial charge on any atom is -0.453 e. The van der Waals surface area contributed by atoms with Gasteiger partial charge < -0.3 is 9.32 Å². The minimum absolute atomic E-state index is 0.0152. The first-order valence-electron chi connectivity index (χ1n) is 39.1. The van der Waals surface area contributed by atoms with Crippen molar-refractivity contribution in [3.8, 4) is 44.5 Å². The largest absolute Gasteiger partial charge is 0.453 e. The molecule has 0 fully saturated rings. The third kappa shape index (κ3) is 6.05. The fraction of sp³-hybridized carbons (Fsp3) is 0.235. The van der Waals surface area contributed by atoms with E-state index in [9.17, 15) is 35.6 Å². The molecule has 10 aromatic rings. The van der Waals surface area contributed by atoms with E-state index in [1.165, 1.54) is 27.7 Å². The predicted molar refractivity (Wildman–Crippen MR) is 298 cm³/mol. The summed E-state index contributed by atoms with van der Waals surface area (Å²) < 4.78 is 323. The lowest BCUT2D eigenvalue weighted by Crippen LogP contribution is -2.39. The summed E-state index contributed by atoms with van der Waals surface area (Å²) in [6.45, 7) is 13.9. The molecule has 0 saturated heterocycles. The Labute approximate surface area is 461 Å². The van der Waals surface area contributed by atoms with Gasteiger partial charge in [-0.25, -0.2) is 0 Å². The van der Waals surface area contributed by atoms with Crippen LogP contribution in [0.15, 0.2) is 168 Å². The third-order valence-electron chi connectivity index (χ3n) is 13.9. The van der Waals surface area contributed by atoms with Crippen molar-refractivity contribution in [3.63, 3.8) is 0 Å². The summed E-state index contributed by atoms with van der Waals surface area (Å²) in [7, 11) is 0. The van der Waals surface area contributed by atoms with E-state index in [2.05, 4.69) is 0 Å². The molecule has 0 radical (unpaired) electrons. The third-order valence-corrected chi connectivity index (χ3v) is 13.9. The Kier molecular flexibility index (Phi) is 4.79. The van der Waals surface area contributed by atoms with Crippen LogP contribution in [-0.4, -0.2) is 0 Å². The van der Waals surface area contributed by atoms with Gasteiger partial charge in [-0.05, 0) is 177 Å². The summed E-state index contributed by atoms with van der Waals surface area (Å²) in [6, 6.07) is -25.1. The van der Waals surface area contributed by atoms with Crippen molar-refractivity contribution in [3.05, 3.63) is 208 Å². The fourth-order valence-electron chi connectivity index (χ4n) is 11.0. The molecule has 1 atom stereocenters. The Morgan fingerprint density at radius 1 is 0.514 bits per heavy atom. The van der Waals surface area contributed by atoms with Crippen LogP contribution in [0.25, 0.3) is 77.2 Å². The summed E-state index contributed by atoms with van der Waals surface area (Å²) >= 11 is 0. The van der Waals surface area contributed by atoms with Crippen LogP contribution >= 0.6 is 0 Å². The molecule has 1 heterocycles. The van der Waals surface area contributed by atoms with Gasteiger partial charge in [0.05, 0.1) is 42.7 Å². The van der Waals surface area contributed by atoms with Gasteiger partial charge in [0.1, 0.15) is 5.58 Å². The zero-order valence-corrected chi connectivity index (χ0v) is 39.9. The minimum atomic E-state index is -3.14. The predicted octanol–water partition coefficient (Wildman–Crippen LogP) is 19.6. The van der Waals surface area contributed by atoms with Crippen molar-refractivity contribution >= 4 is 49.8 Å². The van der Waals surface area contributed by atoms with Crippen LogP contribution in [-0.2, 0) is 10.8 Å². The van der Waals surface area contributed by atoms with E-state index in [0.717, 1.165) is 13.8 Å². The smallest absolute Gasteiger partial charge is 0.159 e. The number of hydrogen-bond acceptors (Lipinski definition) is 2. The molecule has 2 nitrogen and oxygen atoms in total. The van der Waals surface area contributed by atoms with Gasteiger partial charge in [-0.15, -0.1) is 0 Å². The SMILES string of the molecule is [2H]c1c([2H])c([2H])c(-c2c([2H])c([2H])c(N(c3c([2H])c([2H])c4c(c3[2H])C(C([2H])([2H])C)(C([2H])([2H])C)c3c([2H])c([2H])c([2H])c([2H])c3-4)c3c([2H])c([2H])c([2H])c4c3oc3c5c([2H])c([2H])c([2H])c(C)c5c(-c5c([2H])c([2H])c6c(c5[2H])C(C([2H])([2H])C)(C(C)(C)C)c5c(C)c([2H])c(C)c([2H])c5-6)c(C)c34)c([2H])c2[2H])c([2H])c1[2H]. The van der Waals surface area contributed by atoms with Crippen molar-refractivity contribution in [1.29, 1.82) is 0 Å². The summed E-state index contributed by atoms with van der Waals surface area (Å²) in [6.07, 6.45) is -8.68. The second-order valence-electron chi connectivity index (χ2n) is 18.5. The number of aryl methyl sites for hydroxylation is 2. The Hall–Kier alpha value is -7.16. The molecule has 12 rings (SSSR count). The number of para-hydroxylation sites is 1. The highest BCUT2D eigenvalue weighted by atomic mass is 16.3. The van der Waals surface area contributed by atoms with Crippen LogP contribution in [0.5, 0.6) is 0 Å². The van der Waals surface area contributed by atoms with Crippen molar-refractivity contribution in [1.82, 2.24) is 0 Å². The molecule has 0 aliphatic heterocycles. The average molecular weight is 943 g/mol. The lowest BCUT2D eigenvalue weighted by atomic mass is 9.59. The first kappa shape index (κ1) is 21.1. The number of rotatable bonds is 8. The van der Waals surface area contributed by atoms with E-state index in [1.54, 1.807) is 27.7 Å². The normalized spacial score (nSPS) is 22.9. The average Bonchev–Trinajstić information content (AvgIpc) is 1.51. The van der Waals surface area contributed by atoms with E-state index in [0.29, 0.717) is 4.90 Å². The molecule has 1 aromatic heterocycles. The number of benzene rings is 9. The van der Waals surface area contributed by atoms with Crippen molar-refractivity contribution in [2.24, 2.45) is 5.41 Å². The Morgan fingerprint density at radius 3 is 1.87 bits per heavy atom. The lowest BCUT2D eigenvalue weighted by Gasteiger charge is -2.44. The molecule has 2 aliphatic rings. The molecular weight excluding hydrogens is 847 g/mol. The topological polar surface area (TPSA) is 16.4 Å². The highest BCUT2D eigenvalue weighted by molar-refractivity contribution is 6.23. The zero-order valence-electron chi connectivity index (χ0n) is 72.9. The van der Waals surface area contributed by atoms with Gasteiger partial charge in [-0.1, -0.05) is 174 Å². The standard InChI is InChI=1S/C68H63NO/c1-11-67(12-2)56-27-18-17-24-50(56)51-36-34-49(40-57(51)67)69(48-32-29-46(30-33-48)45-22-15-14-16-23-45)59-28-20-26-54-62-44(7)61(60-42(5)21-19-25-53(60)65(62)70-64(54)59)47-31-35-52-55-38-41(4)37-43(6)63(55)68(13-3,58(52)39-47)66(8,9)10/h14-40H,11-13H2,1-10H3/i11D2,12D2,13D2,14D,15D,16D,17D,18D,19D,20D,21D,22D,23D,24D,25D,26D,27D,28D,29D,30D,31D,32D,33D,34D,35D,36D,37D,38D,39D,40D. The van der Waals surface area contributed by atoms with Crippen LogP contribution < -0.4 is 4.90 Å². The summed E-state index contributed by atoms with van der Waals surface area (Å²) in [5.41, 5.74) is -17.0. The van der Waals surface area contributed by atoms with Crippen LogP contribution in [0.4, 0.5) is 17.1 Å². The maximum Gasteiger partial charge on any atom is 0.159 e. The summed E-state index contributed by atoms with van der Waals surface area (Å²) in [5, 5.41) is -1.57. The number of furan rings is 1. The van der Waals surface area contributed by atoms with E-state index < -0.39 is 264 Å². The van der Waals surface area contributed by atoms with E-state index in [-0.39, 0.29) is 72.9 Å². The molecule has 2 heteroatoms. The summed E-state index contributed by atoms with van der Waals surface area (Å²) in [4.78, 5) is 0.452. The van der Waals surface area contributed by atoms with Crippen molar-refractivity contribution in [2.45, 2.75) is 99.2 Å². The van der Waals surface area contributed by atoms with Crippen LogP contribution in [0, 0.1) is 33.1 Å². The molecule has 0 amide bonds. The zero-order chi connectivity index (χ0) is 77.3. The molecular formula is C68H63NO. The number of fused-ring (bicyclic) bond motifs is 11. The van der Waals surface area contributed by atoms with Gasteiger partial charge in [0.2, 0.25) is 0 Å². The highest BCUT2D eigenvalue weighted by Gasteiger charge is 2.51. The number of anilines is 3. The molecule has 70 heavy (non-hydrogen) atoms. The molecule has 9 aromatic carbocycles. The molecule has 2 aliphatic carbocycles. The van der Waals surface area contributed by atoms with Gasteiger partial charge in [-0.2, -0.15) is 0 Å². The molecule has 0 N–H and O–H groups in total. The Balaban J connectivity index is 1.35. The van der Waals surface area contributed by atoms with Crippen molar-refractivity contribution in [2.75, 3.05) is 4.90 Å². The van der Waals surface area contributed by atoms with Crippen LogP contribution in [0.3, 0.4) is 0 Å². The molecule has 0 spiro atoms. The van der Waals surface area contributed by atoms with Crippen molar-refractivity contribution < 1.29 is 49.7 Å². The number of hydrogen-bond donors (Lipinski definition) is 0. The Bertz CT molecular complexity index is 5560. The fourth-order valence-corrected chi connectivity index (χ4v) is 11.0. The Morgan fingerprint density at radius 2 is 1.14 bits per heavy atom. The van der Waals surface area contributed by atoms with Gasteiger partial charge in [-0.3, -0.25) is 0 Å². The second-order valence-corrected chi connectivity index (χ2v) is 18.5. The van der Waals surface area contributed by atoms with Crippen LogP contribution in [0.2, 0.25) is 0 Å². The first-order chi connectivity index (χ1) is 47.2. The molecule has 1 unspecified atom stereocenters. The second kappa shape index (κ2) is 15.9.